The lowest BCUT2D eigenvalue weighted by Gasteiger charge is -2.17. The minimum absolute atomic E-state index is 0.0832. The number of halogens is 4. The Morgan fingerprint density at radius 2 is 1.86 bits per heavy atom. The highest BCUT2D eigenvalue weighted by Crippen LogP contribution is 2.30. The predicted octanol–water partition coefficient (Wildman–Crippen LogP) is 3.89. The maximum atomic E-state index is 13.3. The van der Waals surface area contributed by atoms with Crippen molar-refractivity contribution in [3.8, 4) is 11.3 Å². The fraction of sp³-hybridized carbons (Fsp3) is 0.391. The highest BCUT2D eigenvalue weighted by atomic mass is 79.9. The van der Waals surface area contributed by atoms with Crippen LogP contribution in [0.25, 0.3) is 11.3 Å². The van der Waals surface area contributed by atoms with Crippen molar-refractivity contribution in [3.05, 3.63) is 52.3 Å². The number of ether oxygens (including phenoxy) is 1. The fourth-order valence-electron chi connectivity index (χ4n) is 3.14. The van der Waals surface area contributed by atoms with Gasteiger partial charge in [-0.3, -0.25) is 9.79 Å². The number of rotatable bonds is 11. The number of sulfone groups is 1. The van der Waals surface area contributed by atoms with E-state index in [-0.39, 0.29) is 22.9 Å². The zero-order valence-corrected chi connectivity index (χ0v) is 22.4. The number of aromatic nitrogens is 1. The molecule has 2 rings (SSSR count). The molecular formula is C23H28BrF3N4O4S. The number of benzene rings is 1. The van der Waals surface area contributed by atoms with Gasteiger partial charge in [-0.1, -0.05) is 26.0 Å². The molecule has 1 aromatic carbocycles. The Morgan fingerprint density at radius 3 is 2.44 bits per heavy atom. The summed E-state index contributed by atoms with van der Waals surface area (Å²) in [5, 5.41) is 0. The number of esters is 1. The SMILES string of the molecule is CCN(CC)CCOC(=O)CN=C(/C(Br)=C(\N)C(F)(F)F)c1ccc(-c2cccc(S(C)(=O)=O)c2)[nH]1. The van der Waals surface area contributed by atoms with Crippen molar-refractivity contribution in [1.29, 1.82) is 0 Å². The van der Waals surface area contributed by atoms with Crippen LogP contribution >= 0.6 is 15.9 Å². The van der Waals surface area contributed by atoms with Crippen LogP contribution < -0.4 is 5.73 Å². The summed E-state index contributed by atoms with van der Waals surface area (Å²) in [6.45, 7) is 5.62. The Kier molecular flexibility index (Phi) is 10.3. The standard InChI is InChI=1S/C23H28BrF3N4O4S/c1-4-31(5-2)11-12-35-19(32)14-29-21(20(24)22(28)23(25,26)27)18-10-9-17(30-18)15-7-6-8-16(13-15)36(3,33)34/h6-10,13,30H,4-5,11-12,14,28H2,1-3H3/b22-20+,29-21?. The maximum absolute atomic E-state index is 13.3. The van der Waals surface area contributed by atoms with E-state index in [0.717, 1.165) is 19.3 Å². The summed E-state index contributed by atoms with van der Waals surface area (Å²) in [5.74, 6) is -0.710. The van der Waals surface area contributed by atoms with Gasteiger partial charge in [0.1, 0.15) is 18.8 Å². The minimum Gasteiger partial charge on any atom is -0.463 e. The predicted molar refractivity (Wildman–Crippen MR) is 136 cm³/mol. The van der Waals surface area contributed by atoms with Crippen LogP contribution in [-0.4, -0.2) is 75.2 Å². The van der Waals surface area contributed by atoms with Crippen molar-refractivity contribution in [1.82, 2.24) is 9.88 Å². The van der Waals surface area contributed by atoms with Crippen molar-refractivity contribution in [2.24, 2.45) is 10.7 Å². The number of likely N-dealkylation sites (N-methyl/N-ethyl adjacent to an activating group) is 1. The molecule has 0 aliphatic carbocycles. The molecule has 0 saturated carbocycles. The van der Waals surface area contributed by atoms with Gasteiger partial charge in [0.2, 0.25) is 0 Å². The molecule has 1 heterocycles. The van der Waals surface area contributed by atoms with Crippen LogP contribution in [0.3, 0.4) is 0 Å². The Labute approximate surface area is 216 Å². The molecule has 3 N–H and O–H groups in total. The Hall–Kier alpha value is -2.64. The van der Waals surface area contributed by atoms with Gasteiger partial charge in [-0.15, -0.1) is 0 Å². The lowest BCUT2D eigenvalue weighted by Crippen LogP contribution is -2.28. The third-order valence-corrected chi connectivity index (χ3v) is 7.11. The number of hydrogen-bond donors (Lipinski definition) is 2. The number of nitrogens with two attached hydrogens (primary N) is 1. The smallest absolute Gasteiger partial charge is 0.431 e. The van der Waals surface area contributed by atoms with E-state index in [4.69, 9.17) is 10.5 Å². The van der Waals surface area contributed by atoms with Crippen molar-refractivity contribution in [3.63, 3.8) is 0 Å². The number of carbonyl (C=O) groups is 1. The molecule has 13 heteroatoms. The molecule has 0 aliphatic heterocycles. The first-order valence-corrected chi connectivity index (χ1v) is 13.6. The Morgan fingerprint density at radius 1 is 1.19 bits per heavy atom. The van der Waals surface area contributed by atoms with Crippen LogP contribution in [0.2, 0.25) is 0 Å². The fourth-order valence-corrected chi connectivity index (χ4v) is 4.37. The highest BCUT2D eigenvalue weighted by Gasteiger charge is 2.35. The number of nitrogens with one attached hydrogen (secondary N) is 1. The molecule has 36 heavy (non-hydrogen) atoms. The number of nitrogens with zero attached hydrogens (tertiary/aromatic N) is 2. The average Bonchev–Trinajstić information content (AvgIpc) is 3.30. The van der Waals surface area contributed by atoms with Gasteiger partial charge in [0.15, 0.2) is 9.84 Å². The molecule has 0 atom stereocenters. The van der Waals surface area contributed by atoms with Crippen molar-refractivity contribution in [2.75, 3.05) is 39.0 Å². The van der Waals surface area contributed by atoms with Crippen molar-refractivity contribution >= 4 is 37.4 Å². The summed E-state index contributed by atoms with van der Waals surface area (Å²) in [6, 6.07) is 9.07. The van der Waals surface area contributed by atoms with Crippen LogP contribution in [0.1, 0.15) is 19.5 Å². The van der Waals surface area contributed by atoms with Gasteiger partial charge in [0, 0.05) is 18.5 Å². The molecule has 0 spiro atoms. The van der Waals surface area contributed by atoms with Crippen LogP contribution in [-0.2, 0) is 19.4 Å². The molecule has 0 aliphatic rings. The third kappa shape index (κ3) is 8.20. The summed E-state index contributed by atoms with van der Waals surface area (Å²) >= 11 is 2.87. The zero-order chi connectivity index (χ0) is 27.1. The first kappa shape index (κ1) is 29.6. The number of hydrogen-bond acceptors (Lipinski definition) is 7. The van der Waals surface area contributed by atoms with E-state index in [9.17, 15) is 26.4 Å². The molecule has 0 fully saturated rings. The Bertz CT molecular complexity index is 1240. The zero-order valence-electron chi connectivity index (χ0n) is 20.0. The highest BCUT2D eigenvalue weighted by molar-refractivity contribution is 9.12. The van der Waals surface area contributed by atoms with Crippen LogP contribution in [0.4, 0.5) is 13.2 Å². The first-order chi connectivity index (χ1) is 16.8. The molecular weight excluding hydrogens is 565 g/mol. The average molecular weight is 593 g/mol. The van der Waals surface area contributed by atoms with E-state index >= 15 is 0 Å². The topological polar surface area (TPSA) is 118 Å². The summed E-state index contributed by atoms with van der Waals surface area (Å²) < 4.78 is 68.2. The number of allylic oxidation sites excluding steroid dienone is 2. The summed E-state index contributed by atoms with van der Waals surface area (Å²) in [6.07, 6.45) is -3.77. The van der Waals surface area contributed by atoms with E-state index in [1.807, 2.05) is 18.7 Å². The molecule has 198 valence electrons. The van der Waals surface area contributed by atoms with Gasteiger partial charge in [-0.2, -0.15) is 13.2 Å². The molecule has 0 unspecified atom stereocenters. The van der Waals surface area contributed by atoms with E-state index in [1.54, 1.807) is 18.2 Å². The normalized spacial score (nSPS) is 13.6. The summed E-state index contributed by atoms with van der Waals surface area (Å²) in [5.41, 5.74) is 4.67. The van der Waals surface area contributed by atoms with Crippen LogP contribution in [0, 0.1) is 0 Å². The van der Waals surface area contributed by atoms with Gasteiger partial charge in [0.25, 0.3) is 0 Å². The monoisotopic (exact) mass is 592 g/mol. The van der Waals surface area contributed by atoms with E-state index in [1.165, 1.54) is 18.2 Å². The summed E-state index contributed by atoms with van der Waals surface area (Å²) in [4.78, 5) is 21.3. The second kappa shape index (κ2) is 12.5. The molecule has 8 nitrogen and oxygen atoms in total. The number of H-pyrrole nitrogens is 1. The van der Waals surface area contributed by atoms with Crippen molar-refractivity contribution < 1.29 is 31.1 Å². The number of aromatic amines is 1. The van der Waals surface area contributed by atoms with E-state index in [2.05, 4.69) is 25.9 Å². The van der Waals surface area contributed by atoms with E-state index in [0.29, 0.717) is 17.8 Å². The molecule has 0 saturated heterocycles. The molecule has 1 aromatic heterocycles. The second-order valence-corrected chi connectivity index (χ2v) is 10.5. The van der Waals surface area contributed by atoms with Crippen LogP contribution in [0.5, 0.6) is 0 Å². The number of aliphatic imine (C=N–C) groups is 1. The third-order valence-electron chi connectivity index (χ3n) is 5.20. The molecule has 0 radical (unpaired) electrons. The maximum Gasteiger partial charge on any atom is 0.431 e. The number of alkyl halides is 3. The van der Waals surface area contributed by atoms with Gasteiger partial charge < -0.3 is 20.4 Å². The van der Waals surface area contributed by atoms with Gasteiger partial charge >= 0.3 is 12.1 Å². The quantitative estimate of drug-likeness (QED) is 0.302. The second-order valence-electron chi connectivity index (χ2n) is 7.72. The van der Waals surface area contributed by atoms with Crippen molar-refractivity contribution in [2.45, 2.75) is 24.9 Å². The molecule has 0 amide bonds. The van der Waals surface area contributed by atoms with Gasteiger partial charge in [-0.05, 0) is 58.8 Å². The lowest BCUT2D eigenvalue weighted by atomic mass is 10.2. The van der Waals surface area contributed by atoms with E-state index < -0.39 is 38.7 Å². The summed E-state index contributed by atoms with van der Waals surface area (Å²) in [7, 11) is -3.47. The lowest BCUT2D eigenvalue weighted by molar-refractivity contribution is -0.142. The van der Waals surface area contributed by atoms with Crippen LogP contribution in [0.15, 0.2) is 56.5 Å². The number of carbonyl (C=O) groups excluding carboxylic acids is 1. The first-order valence-electron chi connectivity index (χ1n) is 10.9. The largest absolute Gasteiger partial charge is 0.463 e. The van der Waals surface area contributed by atoms with Gasteiger partial charge in [-0.25, -0.2) is 8.42 Å². The molecule has 0 bridgehead atoms. The molecule has 2 aromatic rings. The van der Waals surface area contributed by atoms with Gasteiger partial charge in [0.05, 0.1) is 20.8 Å². The Balaban J connectivity index is 2.37. The minimum atomic E-state index is -4.84.